The average molecular weight is 508 g/mol. The Kier molecular flexibility index (Phi) is 6.23. The molecule has 0 amide bonds. The van der Waals surface area contributed by atoms with E-state index in [4.69, 9.17) is 24.7 Å². The van der Waals surface area contributed by atoms with Crippen LogP contribution in [0.5, 0.6) is 23.0 Å². The number of carboxylic acids is 1. The predicted octanol–water partition coefficient (Wildman–Crippen LogP) is 2.38. The van der Waals surface area contributed by atoms with Gasteiger partial charge in [0.25, 0.3) is 0 Å². The topological polar surface area (TPSA) is 141 Å². The number of fused-ring (bicyclic) bond motifs is 3. The third-order valence-corrected chi connectivity index (χ3v) is 7.39. The van der Waals surface area contributed by atoms with E-state index in [2.05, 4.69) is 0 Å². The van der Waals surface area contributed by atoms with Crippen LogP contribution in [0.1, 0.15) is 22.6 Å². The molecule has 9 nitrogen and oxygen atoms in total. The van der Waals surface area contributed by atoms with Gasteiger partial charge in [0.2, 0.25) is 0 Å². The molecule has 3 aromatic rings. The second-order valence-electron chi connectivity index (χ2n) is 9.17. The molecule has 5 unspecified atom stereocenters. The molecular formula is C28H29NO8. The maximum absolute atomic E-state index is 12.7. The predicted molar refractivity (Wildman–Crippen MR) is 133 cm³/mol. The number of aliphatic carboxylic acids is 1. The lowest BCUT2D eigenvalue weighted by Gasteiger charge is -2.40. The molecule has 0 aromatic heterocycles. The zero-order valence-electron chi connectivity index (χ0n) is 20.5. The first-order valence-corrected chi connectivity index (χ1v) is 11.9. The summed E-state index contributed by atoms with van der Waals surface area (Å²) < 4.78 is 23.3. The summed E-state index contributed by atoms with van der Waals surface area (Å²) >= 11 is 0. The van der Waals surface area contributed by atoms with Crippen LogP contribution in [0.25, 0.3) is 0 Å². The standard InChI is InChI=1S/C28H29NO8/c1-34-18-10-8-17(9-11-18)28-23(16-6-4-3-5-7-16)22(26(31)32)25(30)27(28,33)24-20(35-2)14-19(36-13-12-29)15-21(24)37-28/h3-11,14-15,22-23,25,30,33H,12-13,29H2,1-2H3,(H,31,32). The monoisotopic (exact) mass is 507 g/mol. The van der Waals surface area contributed by atoms with E-state index in [-0.39, 0.29) is 30.2 Å². The third kappa shape index (κ3) is 3.46. The van der Waals surface area contributed by atoms with Crippen LogP contribution in [-0.4, -0.2) is 54.8 Å². The normalized spacial score (nSPS) is 27.6. The van der Waals surface area contributed by atoms with E-state index in [1.54, 1.807) is 60.7 Å². The van der Waals surface area contributed by atoms with Gasteiger partial charge in [-0.05, 0) is 23.3 Å². The van der Waals surface area contributed by atoms with Gasteiger partial charge < -0.3 is 40.0 Å². The Morgan fingerprint density at radius 1 is 1.03 bits per heavy atom. The van der Waals surface area contributed by atoms with Crippen molar-refractivity contribution in [2.75, 3.05) is 27.4 Å². The molecule has 194 valence electrons. The fraction of sp³-hybridized carbons (Fsp3) is 0.321. The number of carbonyl (C=O) groups is 1. The van der Waals surface area contributed by atoms with Crippen molar-refractivity contribution >= 4 is 5.97 Å². The average Bonchev–Trinajstić information content (AvgIpc) is 3.30. The van der Waals surface area contributed by atoms with E-state index in [1.165, 1.54) is 14.2 Å². The van der Waals surface area contributed by atoms with E-state index < -0.39 is 35.1 Å². The lowest BCUT2D eigenvalue weighted by molar-refractivity contribution is -0.159. The number of aliphatic hydroxyl groups excluding tert-OH is 1. The largest absolute Gasteiger partial charge is 0.497 e. The van der Waals surface area contributed by atoms with Gasteiger partial charge in [0, 0.05) is 24.6 Å². The van der Waals surface area contributed by atoms with Gasteiger partial charge in [0.15, 0.2) is 11.2 Å². The van der Waals surface area contributed by atoms with Crippen molar-refractivity contribution in [3.05, 3.63) is 83.4 Å². The molecule has 5 N–H and O–H groups in total. The molecule has 1 fully saturated rings. The van der Waals surface area contributed by atoms with E-state index in [0.717, 1.165) is 0 Å². The van der Waals surface area contributed by atoms with Crippen molar-refractivity contribution in [3.8, 4) is 23.0 Å². The molecule has 1 aliphatic carbocycles. The van der Waals surface area contributed by atoms with Crippen molar-refractivity contribution in [2.24, 2.45) is 11.7 Å². The molecule has 1 aliphatic heterocycles. The molecule has 9 heteroatoms. The number of rotatable bonds is 8. The third-order valence-electron chi connectivity index (χ3n) is 7.39. The molecule has 5 atom stereocenters. The molecule has 2 aliphatic rings. The smallest absolute Gasteiger partial charge is 0.310 e. The van der Waals surface area contributed by atoms with Gasteiger partial charge in [-0.25, -0.2) is 0 Å². The Morgan fingerprint density at radius 3 is 2.32 bits per heavy atom. The van der Waals surface area contributed by atoms with Crippen LogP contribution in [0.3, 0.4) is 0 Å². The van der Waals surface area contributed by atoms with E-state index in [0.29, 0.717) is 22.6 Å². The van der Waals surface area contributed by atoms with Crippen molar-refractivity contribution in [1.82, 2.24) is 0 Å². The molecule has 0 bridgehead atoms. The number of ether oxygens (including phenoxy) is 4. The highest BCUT2D eigenvalue weighted by Crippen LogP contribution is 2.70. The Morgan fingerprint density at radius 2 is 1.73 bits per heavy atom. The molecule has 0 radical (unpaired) electrons. The molecule has 0 spiro atoms. The molecular weight excluding hydrogens is 478 g/mol. The lowest BCUT2D eigenvalue weighted by atomic mass is 9.70. The van der Waals surface area contributed by atoms with Crippen LogP contribution in [0.2, 0.25) is 0 Å². The fourth-order valence-electron chi connectivity index (χ4n) is 5.92. The Balaban J connectivity index is 1.83. The number of methoxy groups -OCH3 is 2. The highest BCUT2D eigenvalue weighted by Gasteiger charge is 2.78. The minimum Gasteiger partial charge on any atom is -0.497 e. The number of hydrogen-bond donors (Lipinski definition) is 4. The maximum Gasteiger partial charge on any atom is 0.310 e. The van der Waals surface area contributed by atoms with Gasteiger partial charge in [-0.15, -0.1) is 0 Å². The zero-order chi connectivity index (χ0) is 26.4. The summed E-state index contributed by atoms with van der Waals surface area (Å²) in [5.41, 5.74) is 2.88. The highest BCUT2D eigenvalue weighted by molar-refractivity contribution is 5.77. The van der Waals surface area contributed by atoms with Crippen LogP contribution >= 0.6 is 0 Å². The Bertz CT molecular complexity index is 1300. The van der Waals surface area contributed by atoms with Crippen molar-refractivity contribution in [2.45, 2.75) is 23.2 Å². The summed E-state index contributed by atoms with van der Waals surface area (Å²) in [7, 11) is 2.95. The Labute approximate surface area is 214 Å². The number of hydrogen-bond acceptors (Lipinski definition) is 8. The summed E-state index contributed by atoms with van der Waals surface area (Å²) in [5.74, 6) is -2.27. The van der Waals surface area contributed by atoms with Gasteiger partial charge >= 0.3 is 5.97 Å². The van der Waals surface area contributed by atoms with Crippen LogP contribution in [0.4, 0.5) is 0 Å². The number of carboxylic acid groups (broad SMARTS) is 1. The lowest BCUT2D eigenvalue weighted by Crippen LogP contribution is -2.52. The molecule has 37 heavy (non-hydrogen) atoms. The molecule has 1 saturated carbocycles. The van der Waals surface area contributed by atoms with E-state index in [9.17, 15) is 20.1 Å². The maximum atomic E-state index is 12.7. The van der Waals surface area contributed by atoms with Crippen molar-refractivity contribution in [1.29, 1.82) is 0 Å². The minimum absolute atomic E-state index is 0.156. The molecule has 5 rings (SSSR count). The first-order chi connectivity index (χ1) is 17.8. The second kappa shape index (κ2) is 9.26. The summed E-state index contributed by atoms with van der Waals surface area (Å²) in [4.78, 5) is 12.7. The van der Waals surface area contributed by atoms with Gasteiger partial charge in [-0.1, -0.05) is 42.5 Å². The van der Waals surface area contributed by atoms with Crippen molar-refractivity contribution in [3.63, 3.8) is 0 Å². The van der Waals surface area contributed by atoms with Gasteiger partial charge in [-0.2, -0.15) is 0 Å². The number of nitrogens with two attached hydrogens (primary N) is 1. The van der Waals surface area contributed by atoms with Crippen LogP contribution in [-0.2, 0) is 16.0 Å². The number of aliphatic hydroxyl groups is 2. The first-order valence-electron chi connectivity index (χ1n) is 11.9. The number of benzene rings is 3. The minimum atomic E-state index is -2.20. The second-order valence-corrected chi connectivity index (χ2v) is 9.17. The molecule has 0 saturated heterocycles. The van der Waals surface area contributed by atoms with E-state index >= 15 is 0 Å². The fourth-order valence-corrected chi connectivity index (χ4v) is 5.92. The molecule has 1 heterocycles. The summed E-state index contributed by atoms with van der Waals surface area (Å²) in [6.07, 6.45) is -1.75. The summed E-state index contributed by atoms with van der Waals surface area (Å²) in [6, 6.07) is 18.9. The van der Waals surface area contributed by atoms with Crippen LogP contribution < -0.4 is 24.7 Å². The Hall–Kier alpha value is -3.79. The van der Waals surface area contributed by atoms with Gasteiger partial charge in [0.05, 0.1) is 25.7 Å². The van der Waals surface area contributed by atoms with Crippen molar-refractivity contribution < 1.29 is 39.1 Å². The molecule has 3 aromatic carbocycles. The quantitative estimate of drug-likeness (QED) is 0.362. The SMILES string of the molecule is COc1ccc(C23Oc4cc(OCCN)cc(OC)c4C2(O)C(O)C(C(=O)O)C3c2ccccc2)cc1. The van der Waals surface area contributed by atoms with Crippen LogP contribution in [0, 0.1) is 5.92 Å². The van der Waals surface area contributed by atoms with E-state index in [1.807, 2.05) is 6.07 Å². The first kappa shape index (κ1) is 24.9. The van der Waals surface area contributed by atoms with Gasteiger partial charge in [-0.3, -0.25) is 4.79 Å². The zero-order valence-corrected chi connectivity index (χ0v) is 20.5. The van der Waals surface area contributed by atoms with Gasteiger partial charge in [0.1, 0.15) is 35.7 Å². The summed E-state index contributed by atoms with van der Waals surface area (Å²) in [5, 5.41) is 34.6. The highest BCUT2D eigenvalue weighted by atomic mass is 16.5. The van der Waals surface area contributed by atoms with Crippen LogP contribution in [0.15, 0.2) is 66.7 Å². The summed E-state index contributed by atoms with van der Waals surface area (Å²) in [6.45, 7) is 0.529.